The van der Waals surface area contributed by atoms with Crippen molar-refractivity contribution >= 4 is 16.9 Å². The molecule has 3 heterocycles. The van der Waals surface area contributed by atoms with E-state index in [4.69, 9.17) is 0 Å². The van der Waals surface area contributed by atoms with E-state index in [1.165, 1.54) is 0 Å². The van der Waals surface area contributed by atoms with Gasteiger partial charge in [0.15, 0.2) is 0 Å². The van der Waals surface area contributed by atoms with Gasteiger partial charge < -0.3 is 14.8 Å². The van der Waals surface area contributed by atoms with Crippen molar-refractivity contribution in [1.29, 1.82) is 0 Å². The number of rotatable bonds is 2. The van der Waals surface area contributed by atoms with Crippen molar-refractivity contribution in [2.75, 3.05) is 33.2 Å². The fraction of sp³-hybridized carbons (Fsp3) is 0.263. The summed E-state index contributed by atoms with van der Waals surface area (Å²) in [7, 11) is 2.09. The molecule has 2 aromatic heterocycles. The van der Waals surface area contributed by atoms with E-state index in [0.717, 1.165) is 54.0 Å². The molecule has 1 aliphatic heterocycles. The van der Waals surface area contributed by atoms with Crippen molar-refractivity contribution in [2.24, 2.45) is 0 Å². The van der Waals surface area contributed by atoms with Crippen LogP contribution in [-0.4, -0.2) is 58.9 Å². The van der Waals surface area contributed by atoms with Crippen LogP contribution in [-0.2, 0) is 0 Å². The molecule has 0 saturated carbocycles. The number of carbonyl (C=O) groups is 1. The second-order valence-electron chi connectivity index (χ2n) is 6.30. The van der Waals surface area contributed by atoms with Crippen molar-refractivity contribution < 1.29 is 4.79 Å². The van der Waals surface area contributed by atoms with Crippen LogP contribution in [0.4, 0.5) is 0 Å². The largest absolute Gasteiger partial charge is 0.339 e. The van der Waals surface area contributed by atoms with Gasteiger partial charge in [-0.2, -0.15) is 0 Å². The molecule has 1 aromatic carbocycles. The van der Waals surface area contributed by atoms with Crippen LogP contribution in [0.25, 0.3) is 22.3 Å². The van der Waals surface area contributed by atoms with Crippen molar-refractivity contribution in [3.8, 4) is 11.3 Å². The first kappa shape index (κ1) is 14.9. The van der Waals surface area contributed by atoms with Crippen molar-refractivity contribution in [2.45, 2.75) is 0 Å². The summed E-state index contributed by atoms with van der Waals surface area (Å²) in [6.07, 6.45) is 1.77. The summed E-state index contributed by atoms with van der Waals surface area (Å²) >= 11 is 0. The molecule has 122 valence electrons. The number of nitrogens with zero attached hydrogens (tertiary/aromatic N) is 3. The quantitative estimate of drug-likeness (QED) is 0.790. The summed E-state index contributed by atoms with van der Waals surface area (Å²) in [5.74, 6) is 0.110. The number of benzene rings is 1. The summed E-state index contributed by atoms with van der Waals surface area (Å²) < 4.78 is 0. The molecule has 0 spiro atoms. The lowest BCUT2D eigenvalue weighted by atomic mass is 10.1. The van der Waals surface area contributed by atoms with Crippen LogP contribution in [0.1, 0.15) is 10.4 Å². The molecule has 4 rings (SSSR count). The first-order valence-corrected chi connectivity index (χ1v) is 8.23. The van der Waals surface area contributed by atoms with Gasteiger partial charge in [-0.25, -0.2) is 4.98 Å². The van der Waals surface area contributed by atoms with E-state index in [1.54, 1.807) is 6.20 Å². The Labute approximate surface area is 140 Å². The third-order valence-electron chi connectivity index (χ3n) is 4.60. The first-order valence-electron chi connectivity index (χ1n) is 8.23. The van der Waals surface area contributed by atoms with E-state index < -0.39 is 0 Å². The lowest BCUT2D eigenvalue weighted by Gasteiger charge is -2.32. The molecule has 1 saturated heterocycles. The first-order chi connectivity index (χ1) is 11.7. The predicted octanol–water partition coefficient (Wildman–Crippen LogP) is 2.62. The predicted molar refractivity (Wildman–Crippen MR) is 94.9 cm³/mol. The Balaban J connectivity index is 1.62. The van der Waals surface area contributed by atoms with E-state index >= 15 is 0 Å². The molecule has 3 aromatic rings. The molecule has 1 N–H and O–H groups in total. The summed E-state index contributed by atoms with van der Waals surface area (Å²) in [6, 6.07) is 13.8. The highest BCUT2D eigenvalue weighted by Crippen LogP contribution is 2.24. The van der Waals surface area contributed by atoms with Crippen LogP contribution in [0.2, 0.25) is 0 Å². The molecule has 0 radical (unpaired) electrons. The number of H-pyrrole nitrogens is 1. The summed E-state index contributed by atoms with van der Waals surface area (Å²) in [4.78, 5) is 24.6. The highest BCUT2D eigenvalue weighted by molar-refractivity contribution is 5.96. The lowest BCUT2D eigenvalue weighted by Crippen LogP contribution is -2.47. The number of carbonyl (C=O) groups excluding carboxylic acids is 1. The molecule has 1 fully saturated rings. The summed E-state index contributed by atoms with van der Waals surface area (Å²) in [5.41, 5.74) is 3.59. The zero-order chi connectivity index (χ0) is 16.5. The molecule has 1 amide bonds. The molecule has 5 nitrogen and oxygen atoms in total. The Bertz CT molecular complexity index is 845. The van der Waals surface area contributed by atoms with Gasteiger partial charge in [0, 0.05) is 49.0 Å². The second kappa shape index (κ2) is 6.09. The van der Waals surface area contributed by atoms with E-state index in [-0.39, 0.29) is 5.91 Å². The van der Waals surface area contributed by atoms with E-state index in [2.05, 4.69) is 28.0 Å². The Hall–Kier alpha value is -2.66. The van der Waals surface area contributed by atoms with Gasteiger partial charge in [0.25, 0.3) is 5.91 Å². The third kappa shape index (κ3) is 2.78. The van der Waals surface area contributed by atoms with Crippen LogP contribution in [0, 0.1) is 0 Å². The van der Waals surface area contributed by atoms with Gasteiger partial charge in [0.1, 0.15) is 5.65 Å². The molecule has 0 atom stereocenters. The van der Waals surface area contributed by atoms with Gasteiger partial charge in [-0.1, -0.05) is 12.1 Å². The van der Waals surface area contributed by atoms with Gasteiger partial charge >= 0.3 is 0 Å². The normalized spacial score (nSPS) is 15.8. The van der Waals surface area contributed by atoms with E-state index in [9.17, 15) is 4.79 Å². The standard InChI is InChI=1S/C19H20N4O/c1-22-8-10-23(11-9-22)19(24)16-5-2-4-14(12-16)17-13-15-6-3-7-20-18(15)21-17/h2-7,12-13H,8-11H2,1H3,(H,20,21). The van der Waals surface area contributed by atoms with E-state index in [1.807, 2.05) is 41.3 Å². The Morgan fingerprint density at radius 3 is 2.71 bits per heavy atom. The molecule has 0 unspecified atom stereocenters. The lowest BCUT2D eigenvalue weighted by molar-refractivity contribution is 0.0664. The number of amides is 1. The second-order valence-corrected chi connectivity index (χ2v) is 6.30. The summed E-state index contributed by atoms with van der Waals surface area (Å²) in [6.45, 7) is 3.43. The fourth-order valence-corrected chi connectivity index (χ4v) is 3.13. The molecule has 0 aliphatic carbocycles. The van der Waals surface area contributed by atoms with Gasteiger partial charge in [-0.15, -0.1) is 0 Å². The number of fused-ring (bicyclic) bond motifs is 1. The molecule has 0 bridgehead atoms. The van der Waals surface area contributed by atoms with E-state index in [0.29, 0.717) is 0 Å². The SMILES string of the molecule is CN1CCN(C(=O)c2cccc(-c3cc4cccnc4[nH]3)c2)CC1. The molecular formula is C19H20N4O. The topological polar surface area (TPSA) is 52.2 Å². The molecule has 24 heavy (non-hydrogen) atoms. The van der Waals surface area contributed by atoms with Gasteiger partial charge in [-0.05, 0) is 42.9 Å². The number of nitrogens with one attached hydrogen (secondary N) is 1. The number of hydrogen-bond acceptors (Lipinski definition) is 3. The Morgan fingerprint density at radius 2 is 1.92 bits per heavy atom. The number of pyridine rings is 1. The number of piperazine rings is 1. The minimum Gasteiger partial charge on any atom is -0.339 e. The minimum atomic E-state index is 0.110. The number of hydrogen-bond donors (Lipinski definition) is 1. The highest BCUT2D eigenvalue weighted by atomic mass is 16.2. The molecule has 1 aliphatic rings. The van der Waals surface area contributed by atoms with Gasteiger partial charge in [-0.3, -0.25) is 4.79 Å². The Kier molecular flexibility index (Phi) is 3.78. The zero-order valence-electron chi connectivity index (χ0n) is 13.7. The van der Waals surface area contributed by atoms with Crippen LogP contribution >= 0.6 is 0 Å². The maximum absolute atomic E-state index is 12.7. The van der Waals surface area contributed by atoms with Gasteiger partial charge in [0.2, 0.25) is 0 Å². The van der Waals surface area contributed by atoms with Crippen LogP contribution in [0.3, 0.4) is 0 Å². The van der Waals surface area contributed by atoms with Crippen LogP contribution < -0.4 is 0 Å². The van der Waals surface area contributed by atoms with Crippen LogP contribution in [0.5, 0.6) is 0 Å². The maximum atomic E-state index is 12.7. The zero-order valence-corrected chi connectivity index (χ0v) is 13.7. The number of aromatic nitrogens is 2. The Morgan fingerprint density at radius 1 is 1.08 bits per heavy atom. The minimum absolute atomic E-state index is 0.110. The molecular weight excluding hydrogens is 300 g/mol. The maximum Gasteiger partial charge on any atom is 0.253 e. The monoisotopic (exact) mass is 320 g/mol. The van der Waals surface area contributed by atoms with Crippen molar-refractivity contribution in [3.63, 3.8) is 0 Å². The summed E-state index contributed by atoms with van der Waals surface area (Å²) in [5, 5.41) is 1.07. The van der Waals surface area contributed by atoms with Crippen molar-refractivity contribution in [1.82, 2.24) is 19.8 Å². The smallest absolute Gasteiger partial charge is 0.253 e. The molecule has 5 heteroatoms. The number of aromatic amines is 1. The average molecular weight is 320 g/mol. The average Bonchev–Trinajstić information content (AvgIpc) is 3.06. The van der Waals surface area contributed by atoms with Crippen LogP contribution in [0.15, 0.2) is 48.7 Å². The van der Waals surface area contributed by atoms with Gasteiger partial charge in [0.05, 0.1) is 0 Å². The van der Waals surface area contributed by atoms with Crippen molar-refractivity contribution in [3.05, 3.63) is 54.2 Å². The third-order valence-corrected chi connectivity index (χ3v) is 4.60. The highest BCUT2D eigenvalue weighted by Gasteiger charge is 2.20. The number of likely N-dealkylation sites (N-methyl/N-ethyl adjacent to an activating group) is 1. The fourth-order valence-electron chi connectivity index (χ4n) is 3.13.